The average molecular weight is 154 g/mol. The van der Waals surface area contributed by atoms with E-state index in [-0.39, 0.29) is 11.5 Å². The van der Waals surface area contributed by atoms with Crippen LogP contribution in [0.2, 0.25) is 0 Å². The van der Waals surface area contributed by atoms with Gasteiger partial charge in [-0.2, -0.15) is 0 Å². The molecule has 0 unspecified atom stereocenters. The first-order chi connectivity index (χ1) is 5.24. The molecule has 1 rings (SSSR count). The number of phenolic OH excluding ortho intramolecular Hbond substituents is 2. The van der Waals surface area contributed by atoms with Crippen LogP contribution in [0, 0.1) is 0 Å². The zero-order valence-electron chi connectivity index (χ0n) is 6.12. The Bertz CT molecular complexity index is 248. The van der Waals surface area contributed by atoms with Gasteiger partial charge in [-0.25, -0.2) is 0 Å². The molecule has 0 atom stereocenters. The van der Waals surface area contributed by atoms with Gasteiger partial charge in [0.05, 0.1) is 0 Å². The Hall–Kier alpha value is -1.22. The summed E-state index contributed by atoms with van der Waals surface area (Å²) in [6, 6.07) is 4.71. The van der Waals surface area contributed by atoms with Crippen molar-refractivity contribution in [1.82, 2.24) is 0 Å². The number of aromatic hydroxyl groups is 2. The van der Waals surface area contributed by atoms with E-state index in [0.29, 0.717) is 13.0 Å². The van der Waals surface area contributed by atoms with Gasteiger partial charge in [0.15, 0.2) is 11.5 Å². The molecule has 3 heteroatoms. The molecule has 0 heterocycles. The molecule has 0 aromatic heterocycles. The van der Waals surface area contributed by atoms with Gasteiger partial charge in [-0.05, 0) is 30.7 Å². The van der Waals surface area contributed by atoms with Crippen LogP contribution in [0.5, 0.6) is 11.5 Å². The molecule has 0 amide bonds. The fraction of sp³-hybridized carbons (Fsp3) is 0.250. The lowest BCUT2D eigenvalue weighted by Crippen LogP contribution is -2.02. The maximum atomic E-state index is 9.04. The van der Waals surface area contributed by atoms with E-state index in [1.54, 1.807) is 6.07 Å². The molecular weight excluding hydrogens is 143 g/mol. The third-order valence-corrected chi connectivity index (χ3v) is 1.47. The van der Waals surface area contributed by atoms with Gasteiger partial charge in [-0.3, -0.25) is 0 Å². The second-order valence-electron chi connectivity index (χ2n) is 2.36. The van der Waals surface area contributed by atoms with E-state index in [1.165, 1.54) is 12.1 Å². The van der Waals surface area contributed by atoms with Gasteiger partial charge in [0, 0.05) is 0 Å². The Kier molecular flexibility index (Phi) is 2.33. The normalized spacial score (nSPS) is 9.91. The summed E-state index contributed by atoms with van der Waals surface area (Å²) in [4.78, 5) is 0. The summed E-state index contributed by atoms with van der Waals surface area (Å²) >= 11 is 0. The summed E-state index contributed by atoms with van der Waals surface area (Å²) < 4.78 is 0. The highest BCUT2D eigenvalue weighted by molar-refractivity contribution is 5.40. The van der Waals surface area contributed by atoms with E-state index in [1.807, 2.05) is 0 Å². The lowest BCUT2D eigenvalue weighted by molar-refractivity contribution is 0.403. The number of rotatable bonds is 2. The third kappa shape index (κ3) is 1.85. The van der Waals surface area contributed by atoms with Crippen LogP contribution in [-0.2, 0) is 6.42 Å². The lowest BCUT2D eigenvalue weighted by atomic mass is 10.1. The number of hydrogen-bond donors (Lipinski definition) is 3. The second kappa shape index (κ2) is 3.25. The van der Waals surface area contributed by atoms with Crippen molar-refractivity contribution < 1.29 is 10.2 Å². The summed E-state index contributed by atoms with van der Waals surface area (Å²) in [5, 5.41) is 18.0. The van der Waals surface area contributed by atoms with Gasteiger partial charge in [0.1, 0.15) is 0 Å². The molecule has 3 nitrogen and oxygen atoms in total. The minimum Gasteiger partial charge on any atom is -0.504 e. The van der Waals surface area contributed by atoms with Crippen molar-refractivity contribution in [2.75, 3.05) is 6.54 Å². The summed E-state index contributed by atoms with van der Waals surface area (Å²) in [5.74, 6) is -0.179. The largest absolute Gasteiger partial charge is 0.504 e. The van der Waals surface area contributed by atoms with Gasteiger partial charge in [-0.15, -0.1) is 0 Å². The maximum Gasteiger partial charge on any atom is 0.157 e. The Morgan fingerprint density at radius 1 is 1.18 bits per heavy atom. The first-order valence-corrected chi connectivity index (χ1v) is 3.45. The topological polar surface area (TPSA) is 66.5 Å². The zero-order chi connectivity index (χ0) is 8.27. The Morgan fingerprint density at radius 3 is 2.45 bits per heavy atom. The van der Waals surface area contributed by atoms with Gasteiger partial charge < -0.3 is 15.9 Å². The van der Waals surface area contributed by atoms with Gasteiger partial charge in [-0.1, -0.05) is 6.07 Å². The standard InChI is InChI=1S/C8H11NO2/c9-4-3-6-1-2-7(10)8(11)5-6/h1-2,5,10-11H,3-4,9H2/i9+1. The molecule has 0 aliphatic carbocycles. The molecule has 0 radical (unpaired) electrons. The molecular formula is C8H11NO2. The third-order valence-electron chi connectivity index (χ3n) is 1.47. The Morgan fingerprint density at radius 2 is 1.91 bits per heavy atom. The number of hydrogen-bond acceptors (Lipinski definition) is 3. The van der Waals surface area contributed by atoms with Gasteiger partial charge >= 0.3 is 0 Å². The van der Waals surface area contributed by atoms with Crippen LogP contribution in [-0.4, -0.2) is 16.8 Å². The summed E-state index contributed by atoms with van der Waals surface area (Å²) in [5.41, 5.74) is 6.24. The van der Waals surface area contributed by atoms with Crippen LogP contribution in [0.3, 0.4) is 0 Å². The highest BCUT2D eigenvalue weighted by Crippen LogP contribution is 2.24. The zero-order valence-corrected chi connectivity index (χ0v) is 6.12. The van der Waals surface area contributed by atoms with Crippen molar-refractivity contribution in [2.24, 2.45) is 5.73 Å². The van der Waals surface area contributed by atoms with E-state index < -0.39 is 0 Å². The highest BCUT2D eigenvalue weighted by atomic mass is 16.3. The van der Waals surface area contributed by atoms with Crippen LogP contribution in [0.15, 0.2) is 18.2 Å². The van der Waals surface area contributed by atoms with E-state index in [4.69, 9.17) is 15.9 Å². The maximum absolute atomic E-state index is 9.04. The Labute approximate surface area is 65.1 Å². The van der Waals surface area contributed by atoms with Crippen molar-refractivity contribution in [3.63, 3.8) is 0 Å². The first kappa shape index (κ1) is 7.88. The molecule has 0 aliphatic rings. The monoisotopic (exact) mass is 154 g/mol. The SMILES string of the molecule is [15NH2]CCc1ccc(O)c(O)c1. The van der Waals surface area contributed by atoms with Crippen LogP contribution >= 0.6 is 0 Å². The first-order valence-electron chi connectivity index (χ1n) is 3.45. The fourth-order valence-electron chi connectivity index (χ4n) is 0.891. The minimum absolute atomic E-state index is 0.0871. The quantitative estimate of drug-likeness (QED) is 0.431. The summed E-state index contributed by atoms with van der Waals surface area (Å²) in [7, 11) is 0. The van der Waals surface area contributed by atoms with Crippen molar-refractivity contribution >= 4 is 0 Å². The number of nitrogens with two attached hydrogens (primary N) is 1. The summed E-state index contributed by atoms with van der Waals surface area (Å²) in [6.07, 6.45) is 0.716. The smallest absolute Gasteiger partial charge is 0.157 e. The van der Waals surface area contributed by atoms with E-state index in [9.17, 15) is 0 Å². The molecule has 60 valence electrons. The second-order valence-corrected chi connectivity index (χ2v) is 2.36. The number of benzene rings is 1. The van der Waals surface area contributed by atoms with Crippen LogP contribution in [0.4, 0.5) is 0 Å². The van der Waals surface area contributed by atoms with E-state index >= 15 is 0 Å². The van der Waals surface area contributed by atoms with Crippen molar-refractivity contribution in [1.29, 1.82) is 0 Å². The van der Waals surface area contributed by atoms with Crippen LogP contribution in [0.25, 0.3) is 0 Å². The fourth-order valence-corrected chi connectivity index (χ4v) is 0.891. The molecule has 0 bridgehead atoms. The summed E-state index contributed by atoms with van der Waals surface area (Å²) in [6.45, 7) is 0.546. The van der Waals surface area contributed by atoms with Gasteiger partial charge in [0.25, 0.3) is 0 Å². The molecule has 0 saturated heterocycles. The molecule has 0 saturated carbocycles. The van der Waals surface area contributed by atoms with Crippen LogP contribution < -0.4 is 5.73 Å². The highest BCUT2D eigenvalue weighted by Gasteiger charge is 1.98. The van der Waals surface area contributed by atoms with Crippen LogP contribution in [0.1, 0.15) is 5.56 Å². The molecule has 0 aliphatic heterocycles. The lowest BCUT2D eigenvalue weighted by Gasteiger charge is -2.00. The van der Waals surface area contributed by atoms with Crippen molar-refractivity contribution in [3.05, 3.63) is 23.8 Å². The van der Waals surface area contributed by atoms with Crippen molar-refractivity contribution in [2.45, 2.75) is 6.42 Å². The van der Waals surface area contributed by atoms with E-state index in [0.717, 1.165) is 5.56 Å². The van der Waals surface area contributed by atoms with E-state index in [2.05, 4.69) is 0 Å². The Balaban J connectivity index is 2.86. The predicted octanol–water partition coefficient (Wildman–Crippen LogP) is 0.599. The number of phenols is 2. The van der Waals surface area contributed by atoms with Crippen molar-refractivity contribution in [3.8, 4) is 11.5 Å². The molecule has 0 spiro atoms. The molecule has 1 aromatic carbocycles. The molecule has 1 aromatic rings. The average Bonchev–Trinajstić information content (AvgIpc) is 1.98. The molecule has 0 fully saturated rings. The minimum atomic E-state index is -0.0919. The predicted molar refractivity (Wildman–Crippen MR) is 42.5 cm³/mol. The molecule has 11 heavy (non-hydrogen) atoms. The van der Waals surface area contributed by atoms with Gasteiger partial charge in [0.2, 0.25) is 0 Å². The molecule has 4 N–H and O–H groups in total.